The number of hydrogen-bond donors (Lipinski definition) is 0. The summed E-state index contributed by atoms with van der Waals surface area (Å²) < 4.78 is 5.34. The molecule has 0 aromatic heterocycles. The standard InChI is InChI=1S/C14H27N2O3.CH3.Y/c1-9-10(11(17)19-13(2,3)4)16(8)12(18)14(5,6)15-7;;/h10H,9H2,1-8H3;1H3;/q2*-1;+3. The van der Waals surface area contributed by atoms with Gasteiger partial charge in [-0.15, -0.1) is 0 Å². The number of ether oxygens (including phenoxy) is 1. The molecule has 1 unspecified atom stereocenters. The Hall–Kier alpha value is 0.00390. The van der Waals surface area contributed by atoms with Crippen LogP contribution in [-0.4, -0.2) is 48.1 Å². The summed E-state index contributed by atoms with van der Waals surface area (Å²) in [5, 5.41) is 4.05. The average Bonchev–Trinajstić information content (AvgIpc) is 2.26. The Morgan fingerprint density at radius 2 is 1.62 bits per heavy atom. The molecule has 0 aliphatic carbocycles. The molecule has 0 saturated heterocycles. The maximum Gasteiger partial charge on any atom is 3.00 e. The van der Waals surface area contributed by atoms with E-state index < -0.39 is 17.2 Å². The minimum absolute atomic E-state index is 0. The second-order valence-electron chi connectivity index (χ2n) is 6.16. The summed E-state index contributed by atoms with van der Waals surface area (Å²) in [6.45, 7) is 10.7. The third-order valence-electron chi connectivity index (χ3n) is 2.94. The molecule has 6 heteroatoms. The summed E-state index contributed by atoms with van der Waals surface area (Å²) in [5.41, 5.74) is -1.39. The van der Waals surface area contributed by atoms with E-state index >= 15 is 0 Å². The topological polar surface area (TPSA) is 60.7 Å². The molecule has 0 heterocycles. The maximum atomic E-state index is 12.3. The van der Waals surface area contributed by atoms with E-state index in [1.807, 2.05) is 27.7 Å². The molecule has 1 atom stereocenters. The number of carbonyl (C=O) groups excluding carboxylic acids is 2. The number of esters is 1. The van der Waals surface area contributed by atoms with Crippen molar-refractivity contribution < 1.29 is 47.0 Å². The second-order valence-corrected chi connectivity index (χ2v) is 6.16. The molecule has 0 rings (SSSR count). The molecule has 0 aliphatic rings. The molecule has 21 heavy (non-hydrogen) atoms. The largest absolute Gasteiger partial charge is 3.00 e. The maximum absolute atomic E-state index is 12.3. The van der Waals surface area contributed by atoms with Crippen LogP contribution in [0.4, 0.5) is 0 Å². The van der Waals surface area contributed by atoms with Gasteiger partial charge >= 0.3 is 38.7 Å². The van der Waals surface area contributed by atoms with Gasteiger partial charge in [0.15, 0.2) is 0 Å². The summed E-state index contributed by atoms with van der Waals surface area (Å²) in [6.07, 6.45) is 0.511. The van der Waals surface area contributed by atoms with Crippen LogP contribution in [0.3, 0.4) is 0 Å². The summed E-state index contributed by atoms with van der Waals surface area (Å²) >= 11 is 0. The Kier molecular flexibility index (Phi) is 12.2. The quantitative estimate of drug-likeness (QED) is 0.548. The van der Waals surface area contributed by atoms with Crippen molar-refractivity contribution in [1.29, 1.82) is 0 Å². The molecule has 120 valence electrons. The third kappa shape index (κ3) is 8.27. The Balaban J connectivity index is -0.00000162. The van der Waals surface area contributed by atoms with Gasteiger partial charge in [0.1, 0.15) is 11.6 Å². The number of amides is 1. The van der Waals surface area contributed by atoms with E-state index in [0.717, 1.165) is 0 Å². The van der Waals surface area contributed by atoms with E-state index in [-0.39, 0.29) is 52.0 Å². The molecule has 0 aromatic rings. The molecule has 0 N–H and O–H groups in total. The van der Waals surface area contributed by atoms with Crippen LogP contribution in [-0.2, 0) is 47.0 Å². The SMILES string of the molecule is CCC(C(=O)OC(C)(C)C)N(C)C(=O)C(C)(C)[N-]C.[CH3-].[Y+3]. The molecule has 0 bridgehead atoms. The fourth-order valence-electron chi connectivity index (χ4n) is 1.64. The smallest absolute Gasteiger partial charge is 0.652 e. The predicted octanol–water partition coefficient (Wildman–Crippen LogP) is 2.79. The van der Waals surface area contributed by atoms with E-state index in [9.17, 15) is 9.59 Å². The van der Waals surface area contributed by atoms with Crippen molar-refractivity contribution >= 4 is 11.9 Å². The van der Waals surface area contributed by atoms with Crippen LogP contribution in [0, 0.1) is 7.43 Å². The van der Waals surface area contributed by atoms with Crippen molar-refractivity contribution in [1.82, 2.24) is 4.90 Å². The fourth-order valence-corrected chi connectivity index (χ4v) is 1.64. The van der Waals surface area contributed by atoms with Crippen LogP contribution >= 0.6 is 0 Å². The summed E-state index contributed by atoms with van der Waals surface area (Å²) in [6, 6.07) is -0.576. The second kappa shape index (κ2) is 9.91. The van der Waals surface area contributed by atoms with Gasteiger partial charge in [-0.1, -0.05) is 20.8 Å². The van der Waals surface area contributed by atoms with Gasteiger partial charge in [-0.3, -0.25) is 4.79 Å². The van der Waals surface area contributed by atoms with Gasteiger partial charge < -0.3 is 22.4 Å². The normalized spacial score (nSPS) is 12.6. The number of rotatable bonds is 5. The first kappa shape index (κ1) is 25.9. The van der Waals surface area contributed by atoms with E-state index in [4.69, 9.17) is 4.74 Å². The Morgan fingerprint density at radius 3 is 1.90 bits per heavy atom. The van der Waals surface area contributed by atoms with Gasteiger partial charge in [0, 0.05) is 7.05 Å². The van der Waals surface area contributed by atoms with Gasteiger partial charge in [-0.05, 0) is 32.7 Å². The van der Waals surface area contributed by atoms with Gasteiger partial charge in [0.2, 0.25) is 5.91 Å². The van der Waals surface area contributed by atoms with Crippen LogP contribution in [0.1, 0.15) is 48.0 Å². The van der Waals surface area contributed by atoms with E-state index in [1.54, 1.807) is 27.9 Å². The minimum Gasteiger partial charge on any atom is -0.652 e. The van der Waals surface area contributed by atoms with Crippen molar-refractivity contribution in [2.45, 2.75) is 65.1 Å². The summed E-state index contributed by atoms with van der Waals surface area (Å²) in [4.78, 5) is 25.8. The van der Waals surface area contributed by atoms with Crippen molar-refractivity contribution in [2.24, 2.45) is 0 Å². The average molecular weight is 375 g/mol. The Labute approximate surface area is 155 Å². The zero-order valence-electron chi connectivity index (χ0n) is 15.0. The van der Waals surface area contributed by atoms with Crippen LogP contribution in [0.15, 0.2) is 0 Å². The molecule has 0 fully saturated rings. The van der Waals surface area contributed by atoms with E-state index in [0.29, 0.717) is 6.42 Å². The number of likely N-dealkylation sites (N-methyl/N-ethyl adjacent to an activating group) is 2. The molecule has 0 aliphatic heterocycles. The van der Waals surface area contributed by atoms with Crippen molar-refractivity contribution in [3.63, 3.8) is 0 Å². The van der Waals surface area contributed by atoms with Gasteiger partial charge in [-0.25, -0.2) is 4.79 Å². The molecule has 0 aromatic carbocycles. The van der Waals surface area contributed by atoms with Gasteiger partial charge in [0.25, 0.3) is 0 Å². The first-order valence-electron chi connectivity index (χ1n) is 6.57. The van der Waals surface area contributed by atoms with Crippen LogP contribution in [0.25, 0.3) is 5.32 Å². The zero-order chi connectivity index (χ0) is 15.4. The molecule has 0 spiro atoms. The zero-order valence-corrected chi connectivity index (χ0v) is 17.8. The third-order valence-corrected chi connectivity index (χ3v) is 2.94. The van der Waals surface area contributed by atoms with Crippen LogP contribution < -0.4 is 0 Å². The molecule has 0 saturated carbocycles. The van der Waals surface area contributed by atoms with E-state index in [1.165, 1.54) is 4.90 Å². The fraction of sp³-hybridized carbons (Fsp3) is 0.800. The Bertz CT molecular complexity index is 338. The molecule has 0 radical (unpaired) electrons. The van der Waals surface area contributed by atoms with Crippen LogP contribution in [0.2, 0.25) is 0 Å². The molecule has 1 amide bonds. The van der Waals surface area contributed by atoms with Gasteiger partial charge in [0.05, 0.1) is 0 Å². The monoisotopic (exact) mass is 375 g/mol. The van der Waals surface area contributed by atoms with E-state index in [2.05, 4.69) is 5.32 Å². The first-order valence-corrected chi connectivity index (χ1v) is 6.57. The van der Waals surface area contributed by atoms with Crippen molar-refractivity contribution in [3.8, 4) is 0 Å². The first-order chi connectivity index (χ1) is 8.46. The molecule has 5 nitrogen and oxygen atoms in total. The van der Waals surface area contributed by atoms with Crippen molar-refractivity contribution in [2.75, 3.05) is 14.1 Å². The van der Waals surface area contributed by atoms with Crippen LogP contribution in [0.5, 0.6) is 0 Å². The predicted molar refractivity (Wildman–Crippen MR) is 82.5 cm³/mol. The number of hydrogen-bond acceptors (Lipinski definition) is 3. The molecular formula is C15H30N2O3Y+. The Morgan fingerprint density at radius 1 is 1.19 bits per heavy atom. The molecular weight excluding hydrogens is 345 g/mol. The van der Waals surface area contributed by atoms with Gasteiger partial charge in [-0.2, -0.15) is 7.05 Å². The number of carbonyl (C=O) groups is 2. The minimum atomic E-state index is -0.829. The van der Waals surface area contributed by atoms with Crippen molar-refractivity contribution in [3.05, 3.63) is 12.7 Å². The number of nitrogens with zero attached hydrogens (tertiary/aromatic N) is 2. The summed E-state index contributed by atoms with van der Waals surface area (Å²) in [5.74, 6) is -0.564. The summed E-state index contributed by atoms with van der Waals surface area (Å²) in [7, 11) is 3.22.